The fraction of sp³-hybridized carbons (Fsp3) is 0.333. The van der Waals surface area contributed by atoms with E-state index in [1.165, 1.54) is 6.33 Å². The van der Waals surface area contributed by atoms with E-state index in [9.17, 15) is 4.79 Å². The van der Waals surface area contributed by atoms with Gasteiger partial charge in [-0.1, -0.05) is 13.8 Å². The van der Waals surface area contributed by atoms with Crippen LogP contribution in [0.1, 0.15) is 31.2 Å². The molecular formula is C12H13N5O2. The van der Waals surface area contributed by atoms with Gasteiger partial charge in [0, 0.05) is 18.7 Å². The number of hydrogen-bond donors (Lipinski definition) is 1. The highest BCUT2D eigenvalue weighted by molar-refractivity contribution is 5.72. The van der Waals surface area contributed by atoms with Crippen molar-refractivity contribution >= 4 is 5.52 Å². The smallest absolute Gasteiger partial charge is 0.275 e. The molecule has 0 atom stereocenters. The Morgan fingerprint density at radius 1 is 1.37 bits per heavy atom. The van der Waals surface area contributed by atoms with E-state index in [4.69, 9.17) is 4.42 Å². The van der Waals surface area contributed by atoms with Gasteiger partial charge in [-0.2, -0.15) is 5.10 Å². The van der Waals surface area contributed by atoms with E-state index >= 15 is 0 Å². The number of fused-ring (bicyclic) bond motifs is 1. The average molecular weight is 259 g/mol. The summed E-state index contributed by atoms with van der Waals surface area (Å²) >= 11 is 0. The molecule has 0 saturated carbocycles. The van der Waals surface area contributed by atoms with Gasteiger partial charge in [-0.05, 0) is 5.92 Å². The molecule has 0 bridgehead atoms. The van der Waals surface area contributed by atoms with Crippen LogP contribution in [0.15, 0.2) is 21.7 Å². The first-order valence-corrected chi connectivity index (χ1v) is 5.97. The number of aromatic nitrogens is 5. The Morgan fingerprint density at radius 2 is 2.16 bits per heavy atom. The molecular weight excluding hydrogens is 246 g/mol. The number of H-pyrrole nitrogens is 1. The van der Waals surface area contributed by atoms with Crippen LogP contribution in [-0.2, 0) is 0 Å². The van der Waals surface area contributed by atoms with Gasteiger partial charge in [0.15, 0.2) is 0 Å². The predicted octanol–water partition coefficient (Wildman–Crippen LogP) is 1.50. The molecule has 0 unspecified atom stereocenters. The number of hydrogen-bond acceptors (Lipinski definition) is 5. The highest BCUT2D eigenvalue weighted by Gasteiger charge is 2.21. The molecule has 0 radical (unpaired) electrons. The second-order valence-electron chi connectivity index (χ2n) is 4.65. The van der Waals surface area contributed by atoms with Crippen molar-refractivity contribution in [2.24, 2.45) is 0 Å². The molecule has 1 N–H and O–H groups in total. The van der Waals surface area contributed by atoms with Crippen LogP contribution in [0.3, 0.4) is 0 Å². The first kappa shape index (κ1) is 11.6. The van der Waals surface area contributed by atoms with E-state index in [2.05, 4.69) is 20.3 Å². The fourth-order valence-electron chi connectivity index (χ4n) is 2.20. The Morgan fingerprint density at radius 3 is 2.79 bits per heavy atom. The maximum absolute atomic E-state index is 12.0. The lowest BCUT2D eigenvalue weighted by Crippen LogP contribution is -2.11. The van der Waals surface area contributed by atoms with Gasteiger partial charge >= 0.3 is 0 Å². The number of nitrogens with zero attached hydrogens (tertiary/aromatic N) is 4. The zero-order valence-electron chi connectivity index (χ0n) is 10.8. The molecule has 3 aromatic heterocycles. The summed E-state index contributed by atoms with van der Waals surface area (Å²) in [5.74, 6) is 1.03. The minimum Gasteiger partial charge on any atom is -0.421 e. The van der Waals surface area contributed by atoms with Crippen molar-refractivity contribution in [3.8, 4) is 11.5 Å². The van der Waals surface area contributed by atoms with Gasteiger partial charge in [-0.15, -0.1) is 10.2 Å². The van der Waals surface area contributed by atoms with Crippen LogP contribution in [0.25, 0.3) is 17.0 Å². The molecule has 3 aromatic rings. The summed E-state index contributed by atoms with van der Waals surface area (Å²) in [4.78, 5) is 14.6. The summed E-state index contributed by atoms with van der Waals surface area (Å²) in [6.45, 7) is 5.75. The Bertz CT molecular complexity index is 796. The average Bonchev–Trinajstić information content (AvgIpc) is 2.92. The lowest BCUT2D eigenvalue weighted by atomic mass is 10.0. The molecule has 0 fully saturated rings. The number of rotatable bonds is 2. The molecule has 0 aromatic carbocycles. The van der Waals surface area contributed by atoms with E-state index in [0.717, 1.165) is 11.1 Å². The minimum atomic E-state index is -0.179. The summed E-state index contributed by atoms with van der Waals surface area (Å²) in [6.07, 6.45) is 3.11. The molecule has 3 heterocycles. The standard InChI is InChI=1S/C12H13N5O2/c1-6(2)9-8(12-16-15-7(3)19-12)4-17-10(9)11(18)13-5-14-17/h4-6H,1-3H3,(H,13,14,18). The Labute approximate surface area is 108 Å². The van der Waals surface area contributed by atoms with Crippen molar-refractivity contribution in [2.45, 2.75) is 26.7 Å². The maximum Gasteiger partial charge on any atom is 0.275 e. The van der Waals surface area contributed by atoms with Crippen molar-refractivity contribution in [3.05, 3.63) is 34.3 Å². The molecule has 0 aliphatic carbocycles. The van der Waals surface area contributed by atoms with Crippen LogP contribution < -0.4 is 5.56 Å². The van der Waals surface area contributed by atoms with Gasteiger partial charge in [-0.3, -0.25) is 4.79 Å². The normalized spacial score (nSPS) is 11.6. The molecule has 0 amide bonds. The predicted molar refractivity (Wildman–Crippen MR) is 67.9 cm³/mol. The third-order valence-corrected chi connectivity index (χ3v) is 2.95. The second kappa shape index (κ2) is 4.04. The topological polar surface area (TPSA) is 89.1 Å². The van der Waals surface area contributed by atoms with Crippen LogP contribution >= 0.6 is 0 Å². The SMILES string of the molecule is Cc1nnc(-c2cn3nc[nH]c(=O)c3c2C(C)C)o1. The van der Waals surface area contributed by atoms with Crippen LogP contribution in [0.4, 0.5) is 0 Å². The van der Waals surface area contributed by atoms with Crippen molar-refractivity contribution in [1.29, 1.82) is 0 Å². The Kier molecular flexibility index (Phi) is 2.48. The minimum absolute atomic E-state index is 0.137. The highest BCUT2D eigenvalue weighted by Crippen LogP contribution is 2.31. The van der Waals surface area contributed by atoms with E-state index in [1.807, 2.05) is 13.8 Å². The van der Waals surface area contributed by atoms with Crippen molar-refractivity contribution in [3.63, 3.8) is 0 Å². The Balaban J connectivity index is 2.39. The van der Waals surface area contributed by atoms with Gasteiger partial charge in [0.1, 0.15) is 11.8 Å². The van der Waals surface area contributed by atoms with E-state index < -0.39 is 0 Å². The van der Waals surface area contributed by atoms with Gasteiger partial charge < -0.3 is 9.40 Å². The van der Waals surface area contributed by atoms with Crippen molar-refractivity contribution < 1.29 is 4.42 Å². The molecule has 98 valence electrons. The van der Waals surface area contributed by atoms with Crippen LogP contribution in [0, 0.1) is 6.92 Å². The molecule has 7 heteroatoms. The lowest BCUT2D eigenvalue weighted by molar-refractivity contribution is 0.532. The van der Waals surface area contributed by atoms with Crippen molar-refractivity contribution in [1.82, 2.24) is 24.8 Å². The first-order valence-electron chi connectivity index (χ1n) is 5.97. The van der Waals surface area contributed by atoms with E-state index in [1.54, 1.807) is 17.6 Å². The molecule has 3 rings (SSSR count). The third-order valence-electron chi connectivity index (χ3n) is 2.95. The fourth-order valence-corrected chi connectivity index (χ4v) is 2.20. The zero-order valence-corrected chi connectivity index (χ0v) is 10.8. The monoisotopic (exact) mass is 259 g/mol. The molecule has 0 aliphatic rings. The third kappa shape index (κ3) is 1.74. The largest absolute Gasteiger partial charge is 0.421 e. The zero-order chi connectivity index (χ0) is 13.6. The highest BCUT2D eigenvalue weighted by atomic mass is 16.4. The number of aromatic amines is 1. The van der Waals surface area contributed by atoms with Crippen molar-refractivity contribution in [2.75, 3.05) is 0 Å². The summed E-state index contributed by atoms with van der Waals surface area (Å²) in [7, 11) is 0. The van der Waals surface area contributed by atoms with E-state index in [-0.39, 0.29) is 11.5 Å². The van der Waals surface area contributed by atoms with Crippen LogP contribution in [0.5, 0.6) is 0 Å². The first-order chi connectivity index (χ1) is 9.08. The summed E-state index contributed by atoms with van der Waals surface area (Å²) in [6, 6.07) is 0. The van der Waals surface area contributed by atoms with Crippen LogP contribution in [0.2, 0.25) is 0 Å². The van der Waals surface area contributed by atoms with Gasteiger partial charge in [0.2, 0.25) is 11.8 Å². The Hall–Kier alpha value is -2.44. The van der Waals surface area contributed by atoms with Gasteiger partial charge in [0.05, 0.1) is 5.56 Å². The summed E-state index contributed by atoms with van der Waals surface area (Å²) in [5.41, 5.74) is 1.95. The molecule has 7 nitrogen and oxygen atoms in total. The number of nitrogens with one attached hydrogen (secondary N) is 1. The number of aryl methyl sites for hydroxylation is 1. The molecule has 19 heavy (non-hydrogen) atoms. The summed E-state index contributed by atoms with van der Waals surface area (Å²) < 4.78 is 7.00. The molecule has 0 spiro atoms. The van der Waals surface area contributed by atoms with Crippen LogP contribution in [-0.4, -0.2) is 24.8 Å². The lowest BCUT2D eigenvalue weighted by Gasteiger charge is -2.04. The van der Waals surface area contributed by atoms with Gasteiger partial charge in [-0.25, -0.2) is 4.52 Å². The molecule has 0 saturated heterocycles. The quantitative estimate of drug-likeness (QED) is 0.753. The maximum atomic E-state index is 12.0. The molecule has 0 aliphatic heterocycles. The second-order valence-corrected chi connectivity index (χ2v) is 4.65. The summed E-state index contributed by atoms with van der Waals surface area (Å²) in [5, 5.41) is 11.9. The van der Waals surface area contributed by atoms with Gasteiger partial charge in [0.25, 0.3) is 5.56 Å². The van der Waals surface area contributed by atoms with E-state index in [0.29, 0.717) is 17.3 Å².